The maximum absolute atomic E-state index is 13.3. The monoisotopic (exact) mass is 634 g/mol. The summed E-state index contributed by atoms with van der Waals surface area (Å²) in [6, 6.07) is 22.6. The van der Waals surface area contributed by atoms with Crippen LogP contribution in [0.3, 0.4) is 0 Å². The van der Waals surface area contributed by atoms with E-state index in [9.17, 15) is 37.3 Å². The van der Waals surface area contributed by atoms with Crippen LogP contribution in [0.2, 0.25) is 0 Å². The number of hydrogen-bond donors (Lipinski definition) is 4. The fourth-order valence-electron chi connectivity index (χ4n) is 5.57. The van der Waals surface area contributed by atoms with Crippen molar-refractivity contribution in [3.63, 3.8) is 0 Å². The van der Waals surface area contributed by atoms with Crippen molar-refractivity contribution in [1.82, 2.24) is 9.46 Å². The lowest BCUT2D eigenvalue weighted by molar-refractivity contribution is 0.200. The molecule has 1 aliphatic carbocycles. The van der Waals surface area contributed by atoms with Gasteiger partial charge in [-0.05, 0) is 22.9 Å². The molecule has 0 unspecified atom stereocenters. The normalized spacial score (nSPS) is 13.1. The molecule has 1 aliphatic rings. The van der Waals surface area contributed by atoms with E-state index in [1.54, 1.807) is 60.7 Å². The maximum atomic E-state index is 13.3. The largest absolute Gasteiger partial charge is 0.492 e. The van der Waals surface area contributed by atoms with Gasteiger partial charge in [0.15, 0.2) is 0 Å². The molecule has 0 atom stereocenters. The molecule has 0 fully saturated rings. The van der Waals surface area contributed by atoms with E-state index < -0.39 is 43.8 Å². The van der Waals surface area contributed by atoms with Crippen LogP contribution in [0.15, 0.2) is 94.7 Å². The molecule has 0 saturated carbocycles. The standard InChI is InChI=1S/C30H22N2O10S2/c33-27-21-15-23-24(30(36)32(29(23)35)42-44(39,40)26-14-6-10-18-8-2-4-12-20(18)26)16-22(21)28(34)31(27)41-43(37,38)25-13-5-9-17-7-1-3-11-19(17)25/h1-14,33-36H,15-16H2. The fraction of sp³-hybridized carbons (Fsp3) is 0.0667. The highest BCUT2D eigenvalue weighted by atomic mass is 32.2. The van der Waals surface area contributed by atoms with Crippen molar-refractivity contribution >= 4 is 41.8 Å². The number of benzene rings is 4. The number of aromatic nitrogens is 2. The predicted octanol–water partition coefficient (Wildman–Crippen LogP) is 3.55. The minimum Gasteiger partial charge on any atom is -0.492 e. The van der Waals surface area contributed by atoms with Crippen LogP contribution in [0.4, 0.5) is 0 Å². The molecule has 0 bridgehead atoms. The van der Waals surface area contributed by atoms with E-state index in [0.717, 1.165) is 0 Å². The van der Waals surface area contributed by atoms with Crippen LogP contribution < -0.4 is 8.57 Å². The summed E-state index contributed by atoms with van der Waals surface area (Å²) < 4.78 is 64.1. The molecule has 6 aromatic rings. The first-order valence-corrected chi connectivity index (χ1v) is 15.9. The molecular weight excluding hydrogens is 612 g/mol. The number of nitrogens with zero attached hydrogens (tertiary/aromatic N) is 2. The fourth-order valence-corrected chi connectivity index (χ4v) is 7.81. The van der Waals surface area contributed by atoms with Crippen LogP contribution in [0.1, 0.15) is 22.3 Å². The van der Waals surface area contributed by atoms with Gasteiger partial charge < -0.3 is 20.4 Å². The molecule has 7 rings (SSSR count). The predicted molar refractivity (Wildman–Crippen MR) is 157 cm³/mol. The quantitative estimate of drug-likeness (QED) is 0.212. The van der Waals surface area contributed by atoms with E-state index in [0.29, 0.717) is 31.0 Å². The summed E-state index contributed by atoms with van der Waals surface area (Å²) in [4.78, 5) is -0.391. The smallest absolute Gasteiger partial charge is 0.357 e. The summed E-state index contributed by atoms with van der Waals surface area (Å²) >= 11 is 0. The Morgan fingerprint density at radius 3 is 1.16 bits per heavy atom. The molecule has 44 heavy (non-hydrogen) atoms. The highest BCUT2D eigenvalue weighted by molar-refractivity contribution is 7.87. The highest BCUT2D eigenvalue weighted by Crippen LogP contribution is 2.47. The second-order valence-electron chi connectivity index (χ2n) is 10.2. The molecule has 4 aromatic carbocycles. The van der Waals surface area contributed by atoms with E-state index in [1.807, 2.05) is 0 Å². The van der Waals surface area contributed by atoms with Gasteiger partial charge in [-0.1, -0.05) is 82.3 Å². The van der Waals surface area contributed by atoms with Crippen molar-refractivity contribution in [3.8, 4) is 23.5 Å². The van der Waals surface area contributed by atoms with Crippen molar-refractivity contribution in [2.45, 2.75) is 22.6 Å². The molecular formula is C30H22N2O10S2. The van der Waals surface area contributed by atoms with Gasteiger partial charge in [0.2, 0.25) is 23.5 Å². The molecule has 0 radical (unpaired) electrons. The summed E-state index contributed by atoms with van der Waals surface area (Å²) in [7, 11) is -9.14. The Morgan fingerprint density at radius 2 is 0.795 bits per heavy atom. The Balaban J connectivity index is 1.23. The van der Waals surface area contributed by atoms with Gasteiger partial charge >= 0.3 is 20.2 Å². The first kappa shape index (κ1) is 27.5. The van der Waals surface area contributed by atoms with Gasteiger partial charge in [-0.2, -0.15) is 16.8 Å². The molecule has 0 aliphatic heterocycles. The van der Waals surface area contributed by atoms with Crippen molar-refractivity contribution in [2.75, 3.05) is 0 Å². The molecule has 0 amide bonds. The Hall–Kier alpha value is -5.34. The zero-order chi connectivity index (χ0) is 31.0. The lowest BCUT2D eigenvalue weighted by Crippen LogP contribution is -2.20. The summed E-state index contributed by atoms with van der Waals surface area (Å²) in [6.45, 7) is 0. The van der Waals surface area contributed by atoms with Crippen molar-refractivity contribution in [3.05, 3.63) is 107 Å². The molecule has 14 heteroatoms. The first-order valence-electron chi connectivity index (χ1n) is 13.1. The van der Waals surface area contributed by atoms with Crippen molar-refractivity contribution in [1.29, 1.82) is 0 Å². The van der Waals surface area contributed by atoms with Crippen LogP contribution in [0.25, 0.3) is 21.5 Å². The van der Waals surface area contributed by atoms with Crippen LogP contribution in [0, 0.1) is 0 Å². The van der Waals surface area contributed by atoms with Gasteiger partial charge in [-0.3, -0.25) is 8.57 Å². The molecule has 224 valence electrons. The SMILES string of the molecule is O=S(=O)(On1c(O)c2c(c1O)Cc1c(c(O)n(OS(=O)(=O)c3cccc4ccccc34)c1O)C2)c1cccc2ccccc12. The van der Waals surface area contributed by atoms with E-state index in [2.05, 4.69) is 0 Å². The summed E-state index contributed by atoms with van der Waals surface area (Å²) in [6.07, 6.45) is -0.669. The van der Waals surface area contributed by atoms with Crippen LogP contribution >= 0.6 is 0 Å². The first-order chi connectivity index (χ1) is 21.0. The zero-order valence-electron chi connectivity index (χ0n) is 22.4. The van der Waals surface area contributed by atoms with Crippen LogP contribution in [0.5, 0.6) is 23.5 Å². The number of rotatable bonds is 6. The van der Waals surface area contributed by atoms with E-state index in [1.165, 1.54) is 24.3 Å². The molecule has 0 saturated heterocycles. The van der Waals surface area contributed by atoms with Gasteiger partial charge in [-0.25, -0.2) is 0 Å². The molecule has 0 spiro atoms. The Kier molecular flexibility index (Phi) is 5.99. The van der Waals surface area contributed by atoms with Crippen LogP contribution in [-0.4, -0.2) is 46.7 Å². The van der Waals surface area contributed by atoms with Gasteiger partial charge in [-0.15, -0.1) is 0 Å². The van der Waals surface area contributed by atoms with Gasteiger partial charge in [0.05, 0.1) is 0 Å². The Bertz CT molecular complexity index is 2150. The molecule has 12 nitrogen and oxygen atoms in total. The average Bonchev–Trinajstić information content (AvgIpc) is 3.38. The molecule has 2 aromatic heterocycles. The van der Waals surface area contributed by atoms with Crippen molar-refractivity contribution < 1.29 is 45.8 Å². The van der Waals surface area contributed by atoms with Crippen molar-refractivity contribution in [2.24, 2.45) is 0 Å². The number of fused-ring (bicyclic) bond motifs is 4. The van der Waals surface area contributed by atoms with Crippen LogP contribution in [-0.2, 0) is 33.1 Å². The van der Waals surface area contributed by atoms with Gasteiger partial charge in [0.25, 0.3) is 0 Å². The lowest BCUT2D eigenvalue weighted by Gasteiger charge is -2.11. The lowest BCUT2D eigenvalue weighted by atomic mass is 9.90. The minimum atomic E-state index is -4.57. The third kappa shape index (κ3) is 4.10. The Morgan fingerprint density at radius 1 is 0.477 bits per heavy atom. The number of aromatic hydroxyl groups is 4. The molecule has 4 N–H and O–H groups in total. The van der Waals surface area contributed by atoms with E-state index >= 15 is 0 Å². The third-order valence-corrected chi connectivity index (χ3v) is 10.1. The maximum Gasteiger partial charge on any atom is 0.357 e. The second kappa shape index (κ2) is 9.59. The van der Waals surface area contributed by atoms with Gasteiger partial charge in [0.1, 0.15) is 9.79 Å². The number of hydrogen-bond acceptors (Lipinski definition) is 10. The summed E-state index contributed by atoms with van der Waals surface area (Å²) in [5, 5.41) is 45.8. The average molecular weight is 635 g/mol. The van der Waals surface area contributed by atoms with E-state index in [4.69, 9.17) is 8.57 Å². The summed E-state index contributed by atoms with van der Waals surface area (Å²) in [5.74, 6) is -3.04. The third-order valence-electron chi connectivity index (χ3n) is 7.67. The second-order valence-corrected chi connectivity index (χ2v) is 13.2. The summed E-state index contributed by atoms with van der Waals surface area (Å²) in [5.41, 5.74) is -0.0279. The molecule has 2 heterocycles. The Labute approximate surface area is 250 Å². The van der Waals surface area contributed by atoms with E-state index in [-0.39, 0.29) is 44.9 Å². The topological polar surface area (TPSA) is 178 Å². The minimum absolute atomic E-state index is 0.00696. The highest BCUT2D eigenvalue weighted by Gasteiger charge is 2.37. The van der Waals surface area contributed by atoms with Gasteiger partial charge in [0, 0.05) is 45.9 Å². The zero-order valence-corrected chi connectivity index (χ0v) is 24.1.